The Balaban J connectivity index is 1.76. The van der Waals surface area contributed by atoms with Crippen LogP contribution in [0.2, 0.25) is 0 Å². The maximum Gasteiger partial charge on any atom is 0.338 e. The lowest BCUT2D eigenvalue weighted by Crippen LogP contribution is -2.23. The summed E-state index contributed by atoms with van der Waals surface area (Å²) in [4.78, 5) is 12.2. The summed E-state index contributed by atoms with van der Waals surface area (Å²) in [5.74, 6) is -0.186. The predicted octanol–water partition coefficient (Wildman–Crippen LogP) is 2.35. The lowest BCUT2D eigenvalue weighted by molar-refractivity contribution is 0.0438. The van der Waals surface area contributed by atoms with E-state index in [4.69, 9.17) is 13.9 Å². The highest BCUT2D eigenvalue weighted by molar-refractivity contribution is 7.89. The van der Waals surface area contributed by atoms with Crippen LogP contribution in [0.3, 0.4) is 0 Å². The SMILES string of the molecule is COc1ccc(C(=O)OCc2nnc(-c3ccccc3)o2)cc1S(=O)(=O)N(C)C. The molecule has 0 unspecified atom stereocenters. The van der Waals surface area contributed by atoms with Crippen LogP contribution in [0.4, 0.5) is 0 Å². The number of rotatable bonds is 7. The molecule has 0 spiro atoms. The summed E-state index contributed by atoms with van der Waals surface area (Å²) in [7, 11) is 0.316. The van der Waals surface area contributed by atoms with Crippen LogP contribution >= 0.6 is 0 Å². The van der Waals surface area contributed by atoms with Gasteiger partial charge in [-0.2, -0.15) is 0 Å². The highest BCUT2D eigenvalue weighted by Gasteiger charge is 2.24. The van der Waals surface area contributed by atoms with Crippen molar-refractivity contribution >= 4 is 16.0 Å². The molecule has 0 N–H and O–H groups in total. The van der Waals surface area contributed by atoms with Gasteiger partial charge in [0.05, 0.1) is 12.7 Å². The quantitative estimate of drug-likeness (QED) is 0.539. The van der Waals surface area contributed by atoms with E-state index in [1.807, 2.05) is 30.3 Å². The summed E-state index contributed by atoms with van der Waals surface area (Å²) in [6.45, 7) is -0.250. The van der Waals surface area contributed by atoms with Crippen LogP contribution < -0.4 is 4.74 Å². The molecular weight excluding hydrogens is 398 g/mol. The standard InChI is InChI=1S/C19H19N3O6S/c1-22(2)29(24,25)16-11-14(9-10-15(16)26-3)19(23)27-12-17-20-21-18(28-17)13-7-5-4-6-8-13/h4-11H,12H2,1-3H3. The Morgan fingerprint density at radius 2 is 1.83 bits per heavy atom. The van der Waals surface area contributed by atoms with Gasteiger partial charge in [-0.15, -0.1) is 10.2 Å². The Kier molecular flexibility index (Phi) is 5.95. The minimum absolute atomic E-state index is 0.0500. The van der Waals surface area contributed by atoms with E-state index < -0.39 is 16.0 Å². The molecule has 29 heavy (non-hydrogen) atoms. The largest absolute Gasteiger partial charge is 0.495 e. The fourth-order valence-corrected chi connectivity index (χ4v) is 3.50. The van der Waals surface area contributed by atoms with Crippen LogP contribution in [0.5, 0.6) is 5.75 Å². The first-order valence-electron chi connectivity index (χ1n) is 8.48. The van der Waals surface area contributed by atoms with Crippen LogP contribution in [-0.4, -0.2) is 50.1 Å². The van der Waals surface area contributed by atoms with E-state index in [-0.39, 0.29) is 28.7 Å². The highest BCUT2D eigenvalue weighted by atomic mass is 32.2. The van der Waals surface area contributed by atoms with Crippen molar-refractivity contribution in [1.82, 2.24) is 14.5 Å². The molecule has 0 aliphatic rings. The average molecular weight is 417 g/mol. The molecule has 9 nitrogen and oxygen atoms in total. The second-order valence-corrected chi connectivity index (χ2v) is 8.22. The summed E-state index contributed by atoms with van der Waals surface area (Å²) < 4.78 is 41.7. The van der Waals surface area contributed by atoms with Crippen molar-refractivity contribution in [3.8, 4) is 17.2 Å². The van der Waals surface area contributed by atoms with Crippen LogP contribution in [0.1, 0.15) is 16.2 Å². The molecule has 10 heteroatoms. The van der Waals surface area contributed by atoms with Crippen molar-refractivity contribution < 1.29 is 27.1 Å². The minimum atomic E-state index is -3.81. The van der Waals surface area contributed by atoms with Gasteiger partial charge in [0.25, 0.3) is 5.89 Å². The Morgan fingerprint density at radius 3 is 2.48 bits per heavy atom. The van der Waals surface area contributed by atoms with Crippen molar-refractivity contribution in [1.29, 1.82) is 0 Å². The number of hydrogen-bond acceptors (Lipinski definition) is 8. The molecule has 0 saturated heterocycles. The molecule has 0 amide bonds. The monoisotopic (exact) mass is 417 g/mol. The minimum Gasteiger partial charge on any atom is -0.495 e. The van der Waals surface area contributed by atoms with Gasteiger partial charge in [0.2, 0.25) is 15.9 Å². The van der Waals surface area contributed by atoms with Crippen LogP contribution in [0.25, 0.3) is 11.5 Å². The molecule has 0 fully saturated rings. The van der Waals surface area contributed by atoms with Gasteiger partial charge in [-0.3, -0.25) is 0 Å². The Labute approximate surface area is 167 Å². The molecule has 3 aromatic rings. The Hall–Kier alpha value is -3.24. The number of esters is 1. The molecule has 0 atom stereocenters. The van der Waals surface area contributed by atoms with E-state index in [1.54, 1.807) is 0 Å². The fraction of sp³-hybridized carbons (Fsp3) is 0.211. The second-order valence-electron chi connectivity index (χ2n) is 6.10. The normalized spacial score (nSPS) is 11.4. The van der Waals surface area contributed by atoms with Crippen molar-refractivity contribution in [3.05, 3.63) is 60.0 Å². The number of nitrogens with zero attached hydrogens (tertiary/aromatic N) is 3. The zero-order valence-corrected chi connectivity index (χ0v) is 16.8. The van der Waals surface area contributed by atoms with Gasteiger partial charge in [-0.25, -0.2) is 17.5 Å². The summed E-state index contributed by atoms with van der Waals surface area (Å²) >= 11 is 0. The number of methoxy groups -OCH3 is 1. The van der Waals surface area contributed by atoms with Gasteiger partial charge in [0.15, 0.2) is 6.61 Å². The van der Waals surface area contributed by atoms with Gasteiger partial charge in [0.1, 0.15) is 10.6 Å². The highest BCUT2D eigenvalue weighted by Crippen LogP contribution is 2.27. The maximum atomic E-state index is 12.5. The number of carbonyl (C=O) groups is 1. The van der Waals surface area contributed by atoms with E-state index in [9.17, 15) is 13.2 Å². The second kappa shape index (κ2) is 8.41. The fourth-order valence-electron chi connectivity index (χ4n) is 2.42. The van der Waals surface area contributed by atoms with E-state index in [2.05, 4.69) is 10.2 Å². The van der Waals surface area contributed by atoms with Gasteiger partial charge in [0, 0.05) is 19.7 Å². The van der Waals surface area contributed by atoms with Gasteiger partial charge >= 0.3 is 5.97 Å². The summed E-state index contributed by atoms with van der Waals surface area (Å²) in [5.41, 5.74) is 0.792. The smallest absolute Gasteiger partial charge is 0.338 e. The Bertz CT molecular complexity index is 1110. The van der Waals surface area contributed by atoms with Crippen molar-refractivity contribution in [3.63, 3.8) is 0 Å². The summed E-state index contributed by atoms with van der Waals surface area (Å²) in [6, 6.07) is 13.2. The third-order valence-corrected chi connectivity index (χ3v) is 5.81. The molecule has 0 aliphatic heterocycles. The lowest BCUT2D eigenvalue weighted by Gasteiger charge is -2.15. The van der Waals surface area contributed by atoms with E-state index in [0.717, 1.165) is 9.87 Å². The van der Waals surface area contributed by atoms with Crippen LogP contribution in [0, 0.1) is 0 Å². The summed E-state index contributed by atoms with van der Waals surface area (Å²) in [6.07, 6.45) is 0. The molecule has 1 heterocycles. The molecular formula is C19H19N3O6S. The lowest BCUT2D eigenvalue weighted by atomic mass is 10.2. The molecule has 0 saturated carbocycles. The molecule has 0 radical (unpaired) electrons. The van der Waals surface area contributed by atoms with Gasteiger partial charge in [-0.05, 0) is 30.3 Å². The zero-order chi connectivity index (χ0) is 21.0. The average Bonchev–Trinajstić information content (AvgIpc) is 3.21. The third-order valence-electron chi connectivity index (χ3n) is 3.97. The van der Waals surface area contributed by atoms with Crippen molar-refractivity contribution in [2.75, 3.05) is 21.2 Å². The van der Waals surface area contributed by atoms with Crippen LogP contribution in [-0.2, 0) is 21.4 Å². The molecule has 0 bridgehead atoms. The molecule has 0 aliphatic carbocycles. The van der Waals surface area contributed by atoms with E-state index >= 15 is 0 Å². The van der Waals surface area contributed by atoms with Crippen LogP contribution in [0.15, 0.2) is 57.8 Å². The number of benzene rings is 2. The number of aromatic nitrogens is 2. The van der Waals surface area contributed by atoms with E-state index in [1.165, 1.54) is 39.4 Å². The number of ether oxygens (including phenoxy) is 2. The first-order valence-corrected chi connectivity index (χ1v) is 9.92. The zero-order valence-electron chi connectivity index (χ0n) is 16.0. The maximum absolute atomic E-state index is 12.5. The van der Waals surface area contributed by atoms with E-state index in [0.29, 0.717) is 5.89 Å². The number of carbonyl (C=O) groups excluding carboxylic acids is 1. The molecule has 2 aromatic carbocycles. The predicted molar refractivity (Wildman–Crippen MR) is 103 cm³/mol. The third kappa shape index (κ3) is 4.44. The van der Waals surface area contributed by atoms with Crippen molar-refractivity contribution in [2.45, 2.75) is 11.5 Å². The first kappa shape index (κ1) is 20.5. The molecule has 3 rings (SSSR count). The van der Waals surface area contributed by atoms with Gasteiger partial charge in [-0.1, -0.05) is 18.2 Å². The first-order chi connectivity index (χ1) is 13.8. The topological polar surface area (TPSA) is 112 Å². The molecule has 152 valence electrons. The summed E-state index contributed by atoms with van der Waals surface area (Å²) in [5, 5.41) is 7.77. The number of sulfonamides is 1. The number of hydrogen-bond donors (Lipinski definition) is 0. The molecule has 1 aromatic heterocycles. The van der Waals surface area contributed by atoms with Gasteiger partial charge < -0.3 is 13.9 Å². The van der Waals surface area contributed by atoms with Crippen molar-refractivity contribution in [2.24, 2.45) is 0 Å². The Morgan fingerprint density at radius 1 is 1.10 bits per heavy atom.